The maximum Gasteiger partial charge on any atom is 0.215 e. The fraction of sp³-hybridized carbons (Fsp3) is 0.615. The molecule has 0 saturated heterocycles. The summed E-state index contributed by atoms with van der Waals surface area (Å²) in [5.74, 6) is 0.735. The molecule has 0 spiro atoms. The molecular weight excluding hydrogens is 217 g/mol. The Balaban J connectivity index is 2.89. The van der Waals surface area contributed by atoms with E-state index >= 15 is 0 Å². The zero-order valence-corrected chi connectivity index (χ0v) is 12.0. The van der Waals surface area contributed by atoms with Crippen molar-refractivity contribution in [2.24, 2.45) is 0 Å². The van der Waals surface area contributed by atoms with Crippen LogP contribution in [-0.4, -0.2) is 15.3 Å². The molecule has 0 fully saturated rings. The second kappa shape index (κ2) is 4.71. The number of pyridine rings is 1. The summed E-state index contributed by atoms with van der Waals surface area (Å²) in [6.45, 7) is 13.4. The van der Waals surface area contributed by atoms with Gasteiger partial charge in [-0.1, -0.05) is 47.6 Å². The third kappa shape index (κ3) is 3.75. The summed E-state index contributed by atoms with van der Waals surface area (Å²) in [5, 5.41) is 0.316. The molecular formula is C13H22NOP. The van der Waals surface area contributed by atoms with Crippen LogP contribution in [0.3, 0.4) is 0 Å². The molecule has 90 valence electrons. The first-order valence-corrected chi connectivity index (χ1v) is 6.86. The topological polar surface area (TPSA) is 22.1 Å². The van der Waals surface area contributed by atoms with Crippen LogP contribution in [0.5, 0.6) is 5.88 Å². The fourth-order valence-corrected chi connectivity index (χ4v) is 4.63. The van der Waals surface area contributed by atoms with E-state index in [2.05, 4.69) is 46.5 Å². The summed E-state index contributed by atoms with van der Waals surface area (Å²) in [6, 6.07) is 5.79. The molecule has 1 heterocycles. The van der Waals surface area contributed by atoms with Crippen LogP contribution in [0.1, 0.15) is 41.5 Å². The van der Waals surface area contributed by atoms with E-state index in [1.807, 2.05) is 18.2 Å². The molecule has 0 bridgehead atoms. The predicted octanol–water partition coefficient (Wildman–Crippen LogP) is 4.45. The smallest absolute Gasteiger partial charge is 0.215 e. The minimum absolute atomic E-state index is 0.158. The van der Waals surface area contributed by atoms with Gasteiger partial charge in [0.05, 0.1) is 0 Å². The molecule has 0 aliphatic carbocycles. The molecule has 3 heteroatoms. The Hall–Kier alpha value is -0.620. The molecule has 0 aliphatic heterocycles. The van der Waals surface area contributed by atoms with E-state index in [0.717, 1.165) is 5.88 Å². The van der Waals surface area contributed by atoms with Crippen molar-refractivity contribution in [3.8, 4) is 5.88 Å². The molecule has 0 atom stereocenters. The summed E-state index contributed by atoms with van der Waals surface area (Å²) in [7, 11) is -0.582. The molecule has 1 aromatic rings. The van der Waals surface area contributed by atoms with Crippen molar-refractivity contribution in [2.75, 3.05) is 0 Å². The van der Waals surface area contributed by atoms with E-state index in [1.165, 1.54) is 0 Å². The molecule has 0 saturated carbocycles. The average Bonchev–Trinajstić information content (AvgIpc) is 2.12. The lowest BCUT2D eigenvalue weighted by Crippen LogP contribution is -2.27. The van der Waals surface area contributed by atoms with Crippen molar-refractivity contribution in [1.82, 2.24) is 4.98 Å². The van der Waals surface area contributed by atoms with Gasteiger partial charge in [0, 0.05) is 22.6 Å². The molecule has 2 nitrogen and oxygen atoms in total. The van der Waals surface area contributed by atoms with Crippen LogP contribution in [0.25, 0.3) is 0 Å². The fourth-order valence-electron chi connectivity index (χ4n) is 1.77. The Morgan fingerprint density at radius 2 is 1.56 bits per heavy atom. The number of hydrogen-bond acceptors (Lipinski definition) is 2. The summed E-state index contributed by atoms with van der Waals surface area (Å²) in [6.07, 6.45) is 1.77. The standard InChI is InChI=1S/C13H22NOP/c1-12(2,3)16(13(4,5)6)15-11-9-7-8-10-14-11/h7-10H,1-6H3. The van der Waals surface area contributed by atoms with Crippen LogP contribution >= 0.6 is 8.15 Å². The average molecular weight is 239 g/mol. The minimum Gasteiger partial charge on any atom is -0.456 e. The van der Waals surface area contributed by atoms with Crippen molar-refractivity contribution < 1.29 is 4.52 Å². The molecule has 0 amide bonds. The second-order valence-corrected chi connectivity index (χ2v) is 9.35. The van der Waals surface area contributed by atoms with Crippen LogP contribution in [0.2, 0.25) is 0 Å². The molecule has 0 aliphatic rings. The Labute approximate surface area is 100 Å². The van der Waals surface area contributed by atoms with E-state index in [-0.39, 0.29) is 10.3 Å². The third-order valence-electron chi connectivity index (χ3n) is 2.04. The molecule has 1 rings (SSSR count). The SMILES string of the molecule is CC(C)(C)P(Oc1ccccn1)C(C)(C)C. The van der Waals surface area contributed by atoms with Crippen molar-refractivity contribution in [1.29, 1.82) is 0 Å². The maximum absolute atomic E-state index is 6.10. The Kier molecular flexibility index (Phi) is 3.96. The monoisotopic (exact) mass is 239 g/mol. The van der Waals surface area contributed by atoms with E-state index in [1.54, 1.807) is 6.20 Å². The highest BCUT2D eigenvalue weighted by atomic mass is 31.1. The summed E-state index contributed by atoms with van der Waals surface area (Å²) >= 11 is 0. The van der Waals surface area contributed by atoms with Crippen molar-refractivity contribution in [3.05, 3.63) is 24.4 Å². The molecule has 0 radical (unpaired) electrons. The van der Waals surface area contributed by atoms with E-state index in [9.17, 15) is 0 Å². The number of aromatic nitrogens is 1. The lowest BCUT2D eigenvalue weighted by Gasteiger charge is -2.39. The first-order valence-electron chi connectivity index (χ1n) is 5.60. The molecule has 0 N–H and O–H groups in total. The van der Waals surface area contributed by atoms with Crippen molar-refractivity contribution in [2.45, 2.75) is 51.9 Å². The number of nitrogens with zero attached hydrogens (tertiary/aromatic N) is 1. The molecule has 0 aromatic carbocycles. The van der Waals surface area contributed by atoms with Crippen LogP contribution in [0.4, 0.5) is 0 Å². The Morgan fingerprint density at radius 3 is 1.94 bits per heavy atom. The summed E-state index contributed by atoms with van der Waals surface area (Å²) in [4.78, 5) is 4.24. The summed E-state index contributed by atoms with van der Waals surface area (Å²) in [5.41, 5.74) is 0. The van der Waals surface area contributed by atoms with Crippen LogP contribution in [0.15, 0.2) is 24.4 Å². The lowest BCUT2D eigenvalue weighted by atomic mass is 10.2. The molecule has 16 heavy (non-hydrogen) atoms. The highest BCUT2D eigenvalue weighted by molar-refractivity contribution is 7.56. The van der Waals surface area contributed by atoms with Crippen LogP contribution in [0, 0.1) is 0 Å². The summed E-state index contributed by atoms with van der Waals surface area (Å²) < 4.78 is 6.10. The molecule has 1 aromatic heterocycles. The first-order chi connectivity index (χ1) is 7.21. The van der Waals surface area contributed by atoms with Gasteiger partial charge in [0.15, 0.2) is 0 Å². The highest BCUT2D eigenvalue weighted by Gasteiger charge is 2.37. The third-order valence-corrected chi connectivity index (χ3v) is 4.85. The van der Waals surface area contributed by atoms with Crippen molar-refractivity contribution >= 4 is 8.15 Å². The van der Waals surface area contributed by atoms with Gasteiger partial charge < -0.3 is 4.52 Å². The van der Waals surface area contributed by atoms with Crippen molar-refractivity contribution in [3.63, 3.8) is 0 Å². The van der Waals surface area contributed by atoms with Gasteiger partial charge in [-0.3, -0.25) is 0 Å². The highest BCUT2D eigenvalue weighted by Crippen LogP contribution is 2.59. The van der Waals surface area contributed by atoms with Gasteiger partial charge in [0.1, 0.15) is 8.15 Å². The largest absolute Gasteiger partial charge is 0.456 e. The van der Waals surface area contributed by atoms with Gasteiger partial charge in [-0.05, 0) is 6.07 Å². The van der Waals surface area contributed by atoms with E-state index in [4.69, 9.17) is 4.52 Å². The number of hydrogen-bond donors (Lipinski definition) is 0. The second-order valence-electron chi connectivity index (χ2n) is 5.90. The van der Waals surface area contributed by atoms with Gasteiger partial charge in [0.25, 0.3) is 0 Å². The van der Waals surface area contributed by atoms with E-state index < -0.39 is 8.15 Å². The minimum atomic E-state index is -0.582. The predicted molar refractivity (Wildman–Crippen MR) is 71.3 cm³/mol. The van der Waals surface area contributed by atoms with Crippen LogP contribution < -0.4 is 4.52 Å². The van der Waals surface area contributed by atoms with E-state index in [0.29, 0.717) is 0 Å². The van der Waals surface area contributed by atoms with Crippen LogP contribution in [-0.2, 0) is 0 Å². The zero-order valence-electron chi connectivity index (χ0n) is 11.1. The normalized spacial score (nSPS) is 12.9. The Morgan fingerprint density at radius 1 is 1.00 bits per heavy atom. The Bertz CT molecular complexity index is 310. The number of rotatable bonds is 2. The zero-order chi connectivity index (χ0) is 12.4. The molecule has 0 unspecified atom stereocenters. The van der Waals surface area contributed by atoms with Gasteiger partial charge >= 0.3 is 0 Å². The van der Waals surface area contributed by atoms with Gasteiger partial charge in [-0.2, -0.15) is 0 Å². The quantitative estimate of drug-likeness (QED) is 0.711. The maximum atomic E-state index is 6.10. The van der Waals surface area contributed by atoms with Gasteiger partial charge in [-0.15, -0.1) is 0 Å². The van der Waals surface area contributed by atoms with Gasteiger partial charge in [-0.25, -0.2) is 4.98 Å². The lowest BCUT2D eigenvalue weighted by molar-refractivity contribution is 0.517. The first kappa shape index (κ1) is 13.4. The van der Waals surface area contributed by atoms with Gasteiger partial charge in [0.2, 0.25) is 5.88 Å².